The molecule has 10 heteroatoms. The van der Waals surface area contributed by atoms with Gasteiger partial charge < -0.3 is 29.5 Å². The molecule has 0 saturated carbocycles. The minimum Gasteiger partial charge on any atom is -0.462 e. The van der Waals surface area contributed by atoms with Crippen molar-refractivity contribution in [1.29, 1.82) is 5.26 Å². The third-order valence-electron chi connectivity index (χ3n) is 8.67. The molecule has 39 heavy (non-hydrogen) atoms. The van der Waals surface area contributed by atoms with Crippen molar-refractivity contribution in [3.8, 4) is 12.1 Å². The van der Waals surface area contributed by atoms with Crippen LogP contribution in [0.25, 0.3) is 0 Å². The Labute approximate surface area is 229 Å². The molecule has 3 saturated heterocycles. The number of fused-ring (bicyclic) bond motifs is 4. The maximum absolute atomic E-state index is 13.0. The normalized spacial score (nSPS) is 26.3. The van der Waals surface area contributed by atoms with Crippen LogP contribution in [0.4, 0.5) is 10.6 Å². The molecule has 0 radical (unpaired) electrons. The van der Waals surface area contributed by atoms with Crippen molar-refractivity contribution >= 4 is 11.9 Å². The van der Waals surface area contributed by atoms with Crippen LogP contribution in [0.1, 0.15) is 48.5 Å². The van der Waals surface area contributed by atoms with Gasteiger partial charge in [-0.3, -0.25) is 0 Å². The lowest BCUT2D eigenvalue weighted by atomic mass is 9.87. The number of hydrogen-bond acceptors (Lipinski definition) is 9. The van der Waals surface area contributed by atoms with Gasteiger partial charge in [0.15, 0.2) is 0 Å². The van der Waals surface area contributed by atoms with Gasteiger partial charge in [-0.15, -0.1) is 0 Å². The number of ether oxygens (including phenoxy) is 2. The van der Waals surface area contributed by atoms with Crippen molar-refractivity contribution in [1.82, 2.24) is 25.1 Å². The summed E-state index contributed by atoms with van der Waals surface area (Å²) in [7, 11) is 2.14. The SMILES string of the molecule is CN1CCC[C@H]1COc1nc2c(c(N3CCN(C(=O)OCc4ccccc4)[C@@H](CC#N)C3)n1)C[C@H]1CN[C@@H]2C1. The standard InChI is InChI=1S/C29H37N7O3/c1-34-11-5-8-23(34)19-38-28-32-26-24(14-21-15-25(26)31-16-21)27(33-28)35-12-13-36(22(17-35)9-10-30)29(37)39-18-20-6-3-2-4-7-20/h2-4,6-7,21-23,25,31H,5,8-9,11-19H2,1H3/t21-,22+,23+,25-/m1/s1. The van der Waals surface area contributed by atoms with Crippen LogP contribution in [0.2, 0.25) is 0 Å². The maximum Gasteiger partial charge on any atom is 0.410 e. The first-order valence-corrected chi connectivity index (χ1v) is 14.2. The molecule has 4 aliphatic rings. The number of likely N-dealkylation sites (N-methyl/N-ethyl adjacent to an activating group) is 1. The number of anilines is 1. The highest BCUT2D eigenvalue weighted by Gasteiger charge is 2.39. The number of carbonyl (C=O) groups excluding carboxylic acids is 1. The Morgan fingerprint density at radius 2 is 2.05 bits per heavy atom. The zero-order valence-corrected chi connectivity index (χ0v) is 22.6. The molecular weight excluding hydrogens is 494 g/mol. The summed E-state index contributed by atoms with van der Waals surface area (Å²) in [6, 6.07) is 12.7. The lowest BCUT2D eigenvalue weighted by Gasteiger charge is -2.41. The number of benzene rings is 1. The number of amides is 1. The molecular formula is C29H37N7O3. The fourth-order valence-electron chi connectivity index (χ4n) is 6.47. The second-order valence-corrected chi connectivity index (χ2v) is 11.2. The number of hydrogen-bond donors (Lipinski definition) is 1. The summed E-state index contributed by atoms with van der Waals surface area (Å²) >= 11 is 0. The molecule has 1 aromatic heterocycles. The summed E-state index contributed by atoms with van der Waals surface area (Å²) in [5.41, 5.74) is 3.17. The Balaban J connectivity index is 1.21. The number of nitrogens with one attached hydrogen (secondary N) is 1. The van der Waals surface area contributed by atoms with Crippen LogP contribution in [0.3, 0.4) is 0 Å². The van der Waals surface area contributed by atoms with Crippen LogP contribution in [0.5, 0.6) is 6.01 Å². The van der Waals surface area contributed by atoms with Gasteiger partial charge in [0.25, 0.3) is 0 Å². The van der Waals surface area contributed by atoms with E-state index in [4.69, 9.17) is 19.4 Å². The van der Waals surface area contributed by atoms with Crippen LogP contribution in [0.15, 0.2) is 30.3 Å². The van der Waals surface area contributed by atoms with Crippen LogP contribution in [0, 0.1) is 17.2 Å². The second kappa shape index (κ2) is 11.4. The van der Waals surface area contributed by atoms with Crippen molar-refractivity contribution < 1.29 is 14.3 Å². The molecule has 4 heterocycles. The van der Waals surface area contributed by atoms with E-state index < -0.39 is 0 Å². The van der Waals surface area contributed by atoms with Crippen molar-refractivity contribution in [3.05, 3.63) is 47.2 Å². The van der Waals surface area contributed by atoms with Gasteiger partial charge in [0, 0.05) is 31.2 Å². The number of carbonyl (C=O) groups is 1. The monoisotopic (exact) mass is 531 g/mol. The Morgan fingerprint density at radius 3 is 2.85 bits per heavy atom. The molecule has 3 fully saturated rings. The first kappa shape index (κ1) is 25.8. The van der Waals surface area contributed by atoms with Crippen molar-refractivity contribution in [2.75, 3.05) is 51.3 Å². The predicted octanol–water partition coefficient (Wildman–Crippen LogP) is 2.90. The van der Waals surface area contributed by atoms with E-state index in [1.807, 2.05) is 30.3 Å². The van der Waals surface area contributed by atoms with E-state index >= 15 is 0 Å². The molecule has 0 unspecified atom stereocenters. The van der Waals surface area contributed by atoms with Gasteiger partial charge in [0.05, 0.1) is 30.3 Å². The predicted molar refractivity (Wildman–Crippen MR) is 145 cm³/mol. The summed E-state index contributed by atoms with van der Waals surface area (Å²) in [5.74, 6) is 1.47. The van der Waals surface area contributed by atoms with Crippen molar-refractivity contribution in [2.24, 2.45) is 5.92 Å². The first-order valence-electron chi connectivity index (χ1n) is 14.2. The van der Waals surface area contributed by atoms with E-state index in [0.717, 1.165) is 49.4 Å². The summed E-state index contributed by atoms with van der Waals surface area (Å²) in [4.78, 5) is 29.2. The molecule has 206 valence electrons. The van der Waals surface area contributed by atoms with Gasteiger partial charge in [-0.1, -0.05) is 30.3 Å². The smallest absolute Gasteiger partial charge is 0.410 e. The van der Waals surface area contributed by atoms with Crippen molar-refractivity contribution in [2.45, 2.75) is 56.8 Å². The number of piperazine rings is 1. The molecule has 0 spiro atoms. The molecule has 4 atom stereocenters. The molecule has 1 aromatic carbocycles. The fourth-order valence-corrected chi connectivity index (χ4v) is 6.47. The van der Waals surface area contributed by atoms with E-state index in [2.05, 4.69) is 28.2 Å². The van der Waals surface area contributed by atoms with Gasteiger partial charge in [-0.25, -0.2) is 4.79 Å². The van der Waals surface area contributed by atoms with E-state index in [-0.39, 0.29) is 31.2 Å². The molecule has 6 rings (SSSR count). The lowest BCUT2D eigenvalue weighted by Crippen LogP contribution is -2.55. The minimum atomic E-state index is -0.379. The second-order valence-electron chi connectivity index (χ2n) is 11.2. The van der Waals surface area contributed by atoms with Gasteiger partial charge >= 0.3 is 12.1 Å². The number of rotatable bonds is 7. The highest BCUT2D eigenvalue weighted by Crippen LogP contribution is 2.41. The number of nitriles is 1. The Hall–Kier alpha value is -3.42. The van der Waals surface area contributed by atoms with E-state index in [1.165, 1.54) is 12.0 Å². The van der Waals surface area contributed by atoms with E-state index in [1.54, 1.807) is 4.90 Å². The average Bonchev–Trinajstić information content (AvgIpc) is 3.56. The molecule has 2 aromatic rings. The van der Waals surface area contributed by atoms with Crippen molar-refractivity contribution in [3.63, 3.8) is 0 Å². The Bertz CT molecular complexity index is 1220. The van der Waals surface area contributed by atoms with E-state index in [0.29, 0.717) is 44.2 Å². The summed E-state index contributed by atoms with van der Waals surface area (Å²) < 4.78 is 11.8. The van der Waals surface area contributed by atoms with Crippen LogP contribution in [-0.4, -0.2) is 84.3 Å². The topological polar surface area (TPSA) is 107 Å². The third-order valence-corrected chi connectivity index (χ3v) is 8.67. The summed E-state index contributed by atoms with van der Waals surface area (Å²) in [5, 5.41) is 13.2. The summed E-state index contributed by atoms with van der Waals surface area (Å²) in [6.07, 6.45) is 4.18. The quantitative estimate of drug-likeness (QED) is 0.577. The lowest BCUT2D eigenvalue weighted by molar-refractivity contribution is 0.0767. The largest absolute Gasteiger partial charge is 0.462 e. The Morgan fingerprint density at radius 1 is 1.18 bits per heavy atom. The number of nitrogens with zero attached hydrogens (tertiary/aromatic N) is 6. The third kappa shape index (κ3) is 5.52. The number of likely N-dealkylation sites (tertiary alicyclic amines) is 1. The summed E-state index contributed by atoms with van der Waals surface area (Å²) in [6.45, 7) is 4.47. The zero-order chi connectivity index (χ0) is 26.8. The molecule has 1 amide bonds. The van der Waals surface area contributed by atoms with Crippen LogP contribution in [-0.2, 0) is 17.8 Å². The maximum atomic E-state index is 13.0. The van der Waals surface area contributed by atoms with Crippen LogP contribution >= 0.6 is 0 Å². The van der Waals surface area contributed by atoms with Gasteiger partial charge in [-0.05, 0) is 57.3 Å². The average molecular weight is 532 g/mol. The Kier molecular flexibility index (Phi) is 7.53. The molecule has 1 N–H and O–H groups in total. The van der Waals surface area contributed by atoms with E-state index in [9.17, 15) is 10.1 Å². The molecule has 1 aliphatic carbocycles. The molecule has 2 bridgehead atoms. The number of aromatic nitrogens is 2. The molecule has 10 nitrogen and oxygen atoms in total. The van der Waals surface area contributed by atoms with Crippen LogP contribution < -0.4 is 15.0 Å². The highest BCUT2D eigenvalue weighted by atomic mass is 16.6. The first-order chi connectivity index (χ1) is 19.1. The highest BCUT2D eigenvalue weighted by molar-refractivity contribution is 5.69. The molecule has 3 aliphatic heterocycles. The van der Waals surface area contributed by atoms with Gasteiger partial charge in [0.1, 0.15) is 19.0 Å². The van der Waals surface area contributed by atoms with Gasteiger partial charge in [0.2, 0.25) is 0 Å². The fraction of sp³-hybridized carbons (Fsp3) is 0.586. The zero-order valence-electron chi connectivity index (χ0n) is 22.6. The minimum absolute atomic E-state index is 0.214. The van der Waals surface area contributed by atoms with Gasteiger partial charge in [-0.2, -0.15) is 15.2 Å².